The molecule has 4 aromatic rings. The topological polar surface area (TPSA) is 178 Å². The average Bonchev–Trinajstić information content (AvgIpc) is 4.10. The lowest BCUT2D eigenvalue weighted by molar-refractivity contribution is -0.152. The predicted molar refractivity (Wildman–Crippen MR) is 260 cm³/mol. The lowest BCUT2D eigenvalue weighted by atomic mass is 10.1. The summed E-state index contributed by atoms with van der Waals surface area (Å²) in [6.07, 6.45) is 8.60. The van der Waals surface area contributed by atoms with Crippen molar-refractivity contribution in [2.75, 3.05) is 25.5 Å². The van der Waals surface area contributed by atoms with Gasteiger partial charge in [0.05, 0.1) is 18.7 Å². The van der Waals surface area contributed by atoms with Crippen LogP contribution in [0.1, 0.15) is 107 Å². The quantitative estimate of drug-likeness (QED) is 0.0357. The molecule has 0 saturated heterocycles. The zero-order valence-corrected chi connectivity index (χ0v) is 40.0. The lowest BCUT2D eigenvalue weighted by Gasteiger charge is -2.20. The Balaban J connectivity index is 0.000000292. The van der Waals surface area contributed by atoms with Gasteiger partial charge in [0.15, 0.2) is 6.16 Å². The molecule has 4 aromatic carbocycles. The standard InChI is InChI=1S/C26H33O7P.C26H32O6P.CH4/c27-25(31-17-21-9-3-1-4-10-21)16-15-24(26(28)32-18-22-11-5-2-6-12-22)20-34(29,30)33-19-23-13-7-8-14-23;27-25(30-17-21-9-3-1-4-10-21)16-15-24(20-33(29)32-19-23-13-7-8-14-23)26(28)31-18-22-11-5-2-6-12-22;/h1-6,9-12,23-24H,7-8,13-20H2,(H,29,30);1-6,9-12,23-24H,7-8,13-20H2;1H4/q;+1;. The van der Waals surface area contributed by atoms with Crippen molar-refractivity contribution in [2.24, 2.45) is 23.7 Å². The molecule has 4 atom stereocenters. The zero-order chi connectivity index (χ0) is 47.5. The minimum Gasteiger partial charge on any atom is -0.461 e. The van der Waals surface area contributed by atoms with Gasteiger partial charge < -0.3 is 28.4 Å². The molecule has 0 bridgehead atoms. The van der Waals surface area contributed by atoms with Gasteiger partial charge in [-0.3, -0.25) is 23.7 Å². The molecular formula is C53H69O13P2+. The Morgan fingerprint density at radius 2 is 0.897 bits per heavy atom. The second kappa shape index (κ2) is 31.2. The molecule has 0 radical (unpaired) electrons. The molecule has 0 aliphatic heterocycles. The van der Waals surface area contributed by atoms with Gasteiger partial charge in [-0.25, -0.2) is 0 Å². The summed E-state index contributed by atoms with van der Waals surface area (Å²) in [5, 5.41) is 0. The molecule has 15 heteroatoms. The summed E-state index contributed by atoms with van der Waals surface area (Å²) in [6, 6.07) is 37.2. The minimum atomic E-state index is -4.03. The molecule has 0 heterocycles. The van der Waals surface area contributed by atoms with Crippen molar-refractivity contribution < 1.29 is 61.2 Å². The molecule has 0 amide bonds. The number of ether oxygens (including phenoxy) is 4. The number of hydrogen-bond acceptors (Lipinski definition) is 12. The first kappa shape index (κ1) is 55.6. The van der Waals surface area contributed by atoms with Crippen LogP contribution < -0.4 is 0 Å². The SMILES string of the molecule is C.O=C(CCC(CP(=O)(O)OCC1CCCC1)C(=O)OCc1ccccc1)OCc1ccccc1.O=C(CCC(C[P+](=O)OCC1CCCC1)C(=O)OCc1ccccc1)OCc1ccccc1. The summed E-state index contributed by atoms with van der Waals surface area (Å²) >= 11 is 0. The Hall–Kier alpha value is -5.03. The highest BCUT2D eigenvalue weighted by Crippen LogP contribution is 2.46. The van der Waals surface area contributed by atoms with Crippen molar-refractivity contribution in [3.05, 3.63) is 144 Å². The van der Waals surface area contributed by atoms with Crippen LogP contribution >= 0.6 is 15.6 Å². The van der Waals surface area contributed by atoms with Crippen LogP contribution in [0.15, 0.2) is 121 Å². The van der Waals surface area contributed by atoms with E-state index < -0.39 is 51.3 Å². The Morgan fingerprint density at radius 1 is 0.544 bits per heavy atom. The van der Waals surface area contributed by atoms with Crippen LogP contribution in [0.3, 0.4) is 0 Å². The normalized spacial score (nSPS) is 15.6. The van der Waals surface area contributed by atoms with Crippen LogP contribution in [-0.4, -0.2) is 54.3 Å². The van der Waals surface area contributed by atoms with Gasteiger partial charge in [-0.1, -0.05) is 154 Å². The van der Waals surface area contributed by atoms with Gasteiger partial charge in [0.25, 0.3) is 0 Å². The third kappa shape index (κ3) is 22.4. The second-order valence-corrected chi connectivity index (χ2v) is 20.4. The summed E-state index contributed by atoms with van der Waals surface area (Å²) in [4.78, 5) is 60.4. The first-order valence-corrected chi connectivity index (χ1v) is 26.5. The van der Waals surface area contributed by atoms with E-state index in [1.54, 1.807) is 0 Å². The van der Waals surface area contributed by atoms with E-state index in [1.807, 2.05) is 121 Å². The highest BCUT2D eigenvalue weighted by atomic mass is 31.2. The largest absolute Gasteiger partial charge is 0.508 e. The van der Waals surface area contributed by atoms with E-state index in [1.165, 1.54) is 12.8 Å². The minimum absolute atomic E-state index is 0. The maximum Gasteiger partial charge on any atom is 0.508 e. The van der Waals surface area contributed by atoms with Crippen molar-refractivity contribution in [1.82, 2.24) is 0 Å². The fourth-order valence-corrected chi connectivity index (χ4v) is 10.4. The van der Waals surface area contributed by atoms with E-state index in [0.29, 0.717) is 12.5 Å². The molecule has 2 fully saturated rings. The van der Waals surface area contributed by atoms with Crippen molar-refractivity contribution in [3.63, 3.8) is 0 Å². The van der Waals surface area contributed by atoms with E-state index in [9.17, 15) is 33.2 Å². The predicted octanol–water partition coefficient (Wildman–Crippen LogP) is 11.7. The summed E-state index contributed by atoms with van der Waals surface area (Å²) in [5.74, 6) is -2.90. The average molecular weight is 976 g/mol. The smallest absolute Gasteiger partial charge is 0.461 e. The maximum atomic E-state index is 12.8. The van der Waals surface area contributed by atoms with Crippen LogP contribution in [0.2, 0.25) is 0 Å². The number of carbonyl (C=O) groups excluding carboxylic acids is 4. The molecule has 6 rings (SSSR count). The molecule has 368 valence electrons. The molecule has 2 saturated carbocycles. The summed E-state index contributed by atoms with van der Waals surface area (Å²) < 4.78 is 57.6. The lowest BCUT2D eigenvalue weighted by Crippen LogP contribution is -2.23. The highest BCUT2D eigenvalue weighted by Gasteiger charge is 2.35. The van der Waals surface area contributed by atoms with Gasteiger partial charge in [-0.15, -0.1) is 4.52 Å². The molecule has 0 spiro atoms. The second-order valence-electron chi connectivity index (χ2n) is 17.2. The first-order valence-electron chi connectivity index (χ1n) is 23.4. The molecule has 68 heavy (non-hydrogen) atoms. The molecular weight excluding hydrogens is 907 g/mol. The van der Waals surface area contributed by atoms with Crippen molar-refractivity contribution in [2.45, 2.75) is 111 Å². The maximum absolute atomic E-state index is 12.8. The fraction of sp³-hybridized carbons (Fsp3) is 0.472. The number of benzene rings is 4. The monoisotopic (exact) mass is 975 g/mol. The van der Waals surface area contributed by atoms with Crippen molar-refractivity contribution >= 4 is 39.5 Å². The Morgan fingerprint density at radius 3 is 1.31 bits per heavy atom. The van der Waals surface area contributed by atoms with Gasteiger partial charge in [-0.2, -0.15) is 0 Å². The molecule has 13 nitrogen and oxygen atoms in total. The van der Waals surface area contributed by atoms with E-state index in [0.717, 1.165) is 60.8 Å². The fourth-order valence-electron chi connectivity index (χ4n) is 7.79. The summed E-state index contributed by atoms with van der Waals surface area (Å²) in [6.45, 7) is 1.16. The molecule has 1 N–H and O–H groups in total. The Bertz CT molecular complexity index is 2130. The van der Waals surface area contributed by atoms with E-state index in [4.69, 9.17) is 28.0 Å². The molecule has 2 aliphatic carbocycles. The summed E-state index contributed by atoms with van der Waals surface area (Å²) in [7, 11) is -6.04. The number of rotatable bonds is 26. The van der Waals surface area contributed by atoms with Crippen LogP contribution in [0.25, 0.3) is 0 Å². The zero-order valence-electron chi connectivity index (χ0n) is 38.2. The van der Waals surface area contributed by atoms with Gasteiger partial charge in [0.1, 0.15) is 39.0 Å². The molecule has 2 aliphatic rings. The van der Waals surface area contributed by atoms with Gasteiger partial charge >= 0.3 is 39.5 Å². The Kier molecular flexibility index (Phi) is 25.5. The first-order chi connectivity index (χ1) is 32.5. The van der Waals surface area contributed by atoms with Gasteiger partial charge in [0.2, 0.25) is 0 Å². The van der Waals surface area contributed by atoms with Gasteiger partial charge in [-0.05, 0) is 77.2 Å². The highest BCUT2D eigenvalue weighted by molar-refractivity contribution is 7.52. The third-order valence-electron chi connectivity index (χ3n) is 11.7. The van der Waals surface area contributed by atoms with E-state index >= 15 is 0 Å². The summed E-state index contributed by atoms with van der Waals surface area (Å²) in [5.41, 5.74) is 3.43. The van der Waals surface area contributed by atoms with Gasteiger partial charge in [0, 0.05) is 12.8 Å². The van der Waals surface area contributed by atoms with Crippen molar-refractivity contribution in [1.29, 1.82) is 0 Å². The van der Waals surface area contributed by atoms with Crippen LogP contribution in [-0.2, 0) is 82.7 Å². The number of hydrogen-bond donors (Lipinski definition) is 1. The van der Waals surface area contributed by atoms with Crippen LogP contribution in [0, 0.1) is 23.7 Å². The molecule has 4 unspecified atom stereocenters. The number of carbonyl (C=O) groups is 4. The van der Waals surface area contributed by atoms with Crippen LogP contribution in [0.5, 0.6) is 0 Å². The Labute approximate surface area is 403 Å². The number of esters is 4. The van der Waals surface area contributed by atoms with Crippen molar-refractivity contribution in [3.8, 4) is 0 Å². The third-order valence-corrected chi connectivity index (χ3v) is 14.4. The molecule has 0 aromatic heterocycles. The van der Waals surface area contributed by atoms with E-state index in [2.05, 4.69) is 0 Å². The van der Waals surface area contributed by atoms with Crippen LogP contribution in [0.4, 0.5) is 0 Å². The van der Waals surface area contributed by atoms with E-state index in [-0.39, 0.29) is 84.4 Å².